The Hall–Kier alpha value is -0.300. The Morgan fingerprint density at radius 3 is 3.00 bits per heavy atom. The Balaban J connectivity index is 2.45. The molecule has 0 heterocycles. The van der Waals surface area contributed by atoms with Crippen LogP contribution >= 0.6 is 0 Å². The van der Waals surface area contributed by atoms with Crippen LogP contribution in [0.2, 0.25) is 0 Å². The minimum Gasteiger partial charge on any atom is -0.324 e. The van der Waals surface area contributed by atoms with Gasteiger partial charge in [0.05, 0.1) is 0 Å². The number of rotatable bonds is 3. The molecule has 0 saturated heterocycles. The molecule has 2 unspecified atom stereocenters. The summed E-state index contributed by atoms with van der Waals surface area (Å²) in [5, 5.41) is 0. The molecule has 0 bridgehead atoms. The van der Waals surface area contributed by atoms with Crippen molar-refractivity contribution in [1.29, 1.82) is 0 Å². The highest BCUT2D eigenvalue weighted by Crippen LogP contribution is 2.23. The van der Waals surface area contributed by atoms with Crippen molar-refractivity contribution in [2.24, 2.45) is 11.7 Å². The first-order valence-electron chi connectivity index (χ1n) is 5.67. The summed E-state index contributed by atoms with van der Waals surface area (Å²) < 4.78 is 0. The van der Waals surface area contributed by atoms with Crippen LogP contribution in [0.3, 0.4) is 0 Å². The third kappa shape index (κ3) is 3.95. The number of hydrogen-bond donors (Lipinski definition) is 1. The average molecular weight is 181 g/mol. The molecule has 0 radical (unpaired) electrons. The third-order valence-corrected chi connectivity index (χ3v) is 3.04. The van der Waals surface area contributed by atoms with E-state index in [2.05, 4.69) is 19.9 Å². The van der Waals surface area contributed by atoms with Crippen molar-refractivity contribution in [2.45, 2.75) is 58.4 Å². The standard InChI is InChI=1S/C12H23N/c1-3-10(2)8-11-6-4-5-7-12(13)9-11/h9-10,12H,3-8,13H2,1-2H3. The van der Waals surface area contributed by atoms with Gasteiger partial charge >= 0.3 is 0 Å². The van der Waals surface area contributed by atoms with Gasteiger partial charge in [-0.1, -0.05) is 38.3 Å². The summed E-state index contributed by atoms with van der Waals surface area (Å²) in [4.78, 5) is 0. The Labute approximate surface area is 82.4 Å². The largest absolute Gasteiger partial charge is 0.324 e. The van der Waals surface area contributed by atoms with Gasteiger partial charge in [-0.05, 0) is 31.6 Å². The Morgan fingerprint density at radius 1 is 1.54 bits per heavy atom. The molecule has 2 atom stereocenters. The third-order valence-electron chi connectivity index (χ3n) is 3.04. The van der Waals surface area contributed by atoms with E-state index in [4.69, 9.17) is 5.73 Å². The molecule has 0 spiro atoms. The zero-order valence-electron chi connectivity index (χ0n) is 9.05. The summed E-state index contributed by atoms with van der Waals surface area (Å²) in [6.07, 6.45) is 10.00. The van der Waals surface area contributed by atoms with Crippen molar-refractivity contribution < 1.29 is 0 Å². The maximum absolute atomic E-state index is 5.97. The topological polar surface area (TPSA) is 26.0 Å². The fourth-order valence-electron chi connectivity index (χ4n) is 1.96. The van der Waals surface area contributed by atoms with Gasteiger partial charge in [0, 0.05) is 6.04 Å². The molecule has 1 aliphatic rings. The zero-order valence-corrected chi connectivity index (χ0v) is 9.05. The lowest BCUT2D eigenvalue weighted by atomic mass is 9.96. The van der Waals surface area contributed by atoms with Gasteiger partial charge in [-0.25, -0.2) is 0 Å². The van der Waals surface area contributed by atoms with Crippen LogP contribution in [-0.2, 0) is 0 Å². The first-order valence-corrected chi connectivity index (χ1v) is 5.67. The lowest BCUT2D eigenvalue weighted by Crippen LogP contribution is -2.16. The predicted octanol–water partition coefficient (Wildman–Crippen LogP) is 3.25. The van der Waals surface area contributed by atoms with E-state index in [1.54, 1.807) is 5.57 Å². The van der Waals surface area contributed by atoms with Gasteiger partial charge in [0.25, 0.3) is 0 Å². The molecule has 0 amide bonds. The van der Waals surface area contributed by atoms with E-state index in [0.29, 0.717) is 6.04 Å². The second-order valence-corrected chi connectivity index (χ2v) is 4.45. The van der Waals surface area contributed by atoms with Gasteiger partial charge < -0.3 is 5.73 Å². The molecule has 13 heavy (non-hydrogen) atoms. The number of allylic oxidation sites excluding steroid dienone is 1. The van der Waals surface area contributed by atoms with Crippen molar-refractivity contribution >= 4 is 0 Å². The molecule has 0 aromatic rings. The Kier molecular flexibility index (Phi) is 4.51. The van der Waals surface area contributed by atoms with Crippen LogP contribution in [0.15, 0.2) is 11.6 Å². The van der Waals surface area contributed by atoms with Crippen LogP contribution < -0.4 is 5.73 Å². The molecule has 1 heteroatoms. The fourth-order valence-corrected chi connectivity index (χ4v) is 1.96. The van der Waals surface area contributed by atoms with E-state index < -0.39 is 0 Å². The fraction of sp³-hybridized carbons (Fsp3) is 0.833. The molecular formula is C12H23N. The molecular weight excluding hydrogens is 158 g/mol. The number of hydrogen-bond acceptors (Lipinski definition) is 1. The Bertz CT molecular complexity index is 172. The first-order chi connectivity index (χ1) is 6.22. The number of nitrogens with two attached hydrogens (primary N) is 1. The summed E-state index contributed by atoms with van der Waals surface area (Å²) in [6, 6.07) is 0.335. The molecule has 1 aliphatic carbocycles. The van der Waals surface area contributed by atoms with E-state index in [1.807, 2.05) is 0 Å². The molecule has 0 aromatic carbocycles. The quantitative estimate of drug-likeness (QED) is 0.664. The van der Waals surface area contributed by atoms with Gasteiger partial charge in [0.1, 0.15) is 0 Å². The van der Waals surface area contributed by atoms with E-state index in [9.17, 15) is 0 Å². The SMILES string of the molecule is CCC(C)CC1=CC(N)CCCC1. The van der Waals surface area contributed by atoms with Gasteiger partial charge in [-0.15, -0.1) is 0 Å². The van der Waals surface area contributed by atoms with E-state index in [1.165, 1.54) is 38.5 Å². The highest BCUT2D eigenvalue weighted by molar-refractivity contribution is 5.08. The smallest absolute Gasteiger partial charge is 0.0226 e. The van der Waals surface area contributed by atoms with Gasteiger partial charge in [-0.2, -0.15) is 0 Å². The second kappa shape index (κ2) is 5.43. The first kappa shape index (κ1) is 10.8. The van der Waals surface area contributed by atoms with E-state index in [0.717, 1.165) is 5.92 Å². The summed E-state index contributed by atoms with van der Waals surface area (Å²) in [7, 11) is 0. The minimum absolute atomic E-state index is 0.335. The van der Waals surface area contributed by atoms with E-state index >= 15 is 0 Å². The van der Waals surface area contributed by atoms with Crippen LogP contribution in [0.5, 0.6) is 0 Å². The van der Waals surface area contributed by atoms with E-state index in [-0.39, 0.29) is 0 Å². The van der Waals surface area contributed by atoms with Crippen molar-refractivity contribution in [1.82, 2.24) is 0 Å². The monoisotopic (exact) mass is 181 g/mol. The molecule has 0 aromatic heterocycles. The van der Waals surface area contributed by atoms with Gasteiger partial charge in [0.15, 0.2) is 0 Å². The second-order valence-electron chi connectivity index (χ2n) is 4.45. The highest BCUT2D eigenvalue weighted by atomic mass is 14.6. The highest BCUT2D eigenvalue weighted by Gasteiger charge is 2.10. The summed E-state index contributed by atoms with van der Waals surface area (Å²) in [6.45, 7) is 4.60. The summed E-state index contributed by atoms with van der Waals surface area (Å²) >= 11 is 0. The Morgan fingerprint density at radius 2 is 2.31 bits per heavy atom. The van der Waals surface area contributed by atoms with Crippen molar-refractivity contribution in [3.05, 3.63) is 11.6 Å². The van der Waals surface area contributed by atoms with Crippen LogP contribution in [0.1, 0.15) is 52.4 Å². The molecule has 1 rings (SSSR count). The van der Waals surface area contributed by atoms with Gasteiger partial charge in [-0.3, -0.25) is 0 Å². The molecule has 0 fully saturated rings. The molecule has 76 valence electrons. The lowest BCUT2D eigenvalue weighted by molar-refractivity contribution is 0.544. The van der Waals surface area contributed by atoms with Gasteiger partial charge in [0.2, 0.25) is 0 Å². The van der Waals surface area contributed by atoms with Crippen LogP contribution in [0, 0.1) is 5.92 Å². The van der Waals surface area contributed by atoms with Crippen molar-refractivity contribution in [3.63, 3.8) is 0 Å². The van der Waals surface area contributed by atoms with Crippen LogP contribution in [-0.4, -0.2) is 6.04 Å². The normalized spacial score (nSPS) is 26.4. The van der Waals surface area contributed by atoms with Crippen molar-refractivity contribution in [2.75, 3.05) is 0 Å². The van der Waals surface area contributed by atoms with Crippen LogP contribution in [0.25, 0.3) is 0 Å². The maximum atomic E-state index is 5.97. The predicted molar refractivity (Wildman–Crippen MR) is 58.6 cm³/mol. The average Bonchev–Trinajstić information content (AvgIpc) is 2.30. The lowest BCUT2D eigenvalue weighted by Gasteiger charge is -2.11. The van der Waals surface area contributed by atoms with Crippen molar-refractivity contribution in [3.8, 4) is 0 Å². The maximum Gasteiger partial charge on any atom is 0.0226 e. The molecule has 0 aliphatic heterocycles. The molecule has 0 saturated carbocycles. The molecule has 1 nitrogen and oxygen atoms in total. The minimum atomic E-state index is 0.335. The summed E-state index contributed by atoms with van der Waals surface area (Å²) in [5.41, 5.74) is 7.58. The summed E-state index contributed by atoms with van der Waals surface area (Å²) in [5.74, 6) is 0.830. The zero-order chi connectivity index (χ0) is 9.68. The molecule has 2 N–H and O–H groups in total. The van der Waals surface area contributed by atoms with Crippen LogP contribution in [0.4, 0.5) is 0 Å².